The summed E-state index contributed by atoms with van der Waals surface area (Å²) in [5.74, 6) is -0.367. The number of benzene rings is 1. The Bertz CT molecular complexity index is 663. The predicted octanol–water partition coefficient (Wildman–Crippen LogP) is 3.30. The highest BCUT2D eigenvalue weighted by atomic mass is 32.1. The lowest BCUT2D eigenvalue weighted by Crippen LogP contribution is -2.26. The van der Waals surface area contributed by atoms with Crippen LogP contribution in [0.3, 0.4) is 0 Å². The Morgan fingerprint density at radius 1 is 1.45 bits per heavy atom. The van der Waals surface area contributed by atoms with Crippen LogP contribution < -0.4 is 5.32 Å². The van der Waals surface area contributed by atoms with Gasteiger partial charge in [-0.3, -0.25) is 10.1 Å². The van der Waals surface area contributed by atoms with E-state index >= 15 is 0 Å². The standard InChI is InChI=1S/C16H17FN2O2S/c1-10-14(9-11-4-6-12(17)7-5-11)22-16(18-10)19-15(20)13-3-2-8-21-13/h4-7,13H,2-3,8-9H2,1H3,(H,18,19,20). The molecule has 0 bridgehead atoms. The molecular formula is C16H17FN2O2S. The van der Waals surface area contributed by atoms with Gasteiger partial charge in [-0.15, -0.1) is 11.3 Å². The maximum atomic E-state index is 12.9. The molecule has 1 saturated heterocycles. The Hall–Kier alpha value is -1.79. The molecule has 0 radical (unpaired) electrons. The van der Waals surface area contributed by atoms with E-state index in [1.165, 1.54) is 23.5 Å². The van der Waals surface area contributed by atoms with Crippen LogP contribution in [0.15, 0.2) is 24.3 Å². The van der Waals surface area contributed by atoms with E-state index in [0.29, 0.717) is 18.2 Å². The third-order valence-corrected chi connectivity index (χ3v) is 4.70. The van der Waals surface area contributed by atoms with Gasteiger partial charge < -0.3 is 4.74 Å². The predicted molar refractivity (Wildman–Crippen MR) is 83.7 cm³/mol. The molecule has 1 atom stereocenters. The summed E-state index contributed by atoms with van der Waals surface area (Å²) >= 11 is 1.45. The Balaban J connectivity index is 1.67. The maximum Gasteiger partial charge on any atom is 0.255 e. The van der Waals surface area contributed by atoms with Crippen molar-refractivity contribution in [2.45, 2.75) is 32.3 Å². The Morgan fingerprint density at radius 3 is 2.91 bits per heavy atom. The van der Waals surface area contributed by atoms with Crippen LogP contribution in [0.25, 0.3) is 0 Å². The molecule has 3 rings (SSSR count). The van der Waals surface area contributed by atoms with Crippen molar-refractivity contribution in [3.05, 3.63) is 46.2 Å². The zero-order valence-electron chi connectivity index (χ0n) is 12.3. The Morgan fingerprint density at radius 2 is 2.23 bits per heavy atom. The number of hydrogen-bond acceptors (Lipinski definition) is 4. The topological polar surface area (TPSA) is 51.2 Å². The fourth-order valence-electron chi connectivity index (χ4n) is 2.40. The van der Waals surface area contributed by atoms with E-state index in [4.69, 9.17) is 4.74 Å². The molecule has 4 nitrogen and oxygen atoms in total. The monoisotopic (exact) mass is 320 g/mol. The maximum absolute atomic E-state index is 12.9. The van der Waals surface area contributed by atoms with Gasteiger partial charge in [0.1, 0.15) is 11.9 Å². The number of rotatable bonds is 4. The number of thiazole rings is 1. The van der Waals surface area contributed by atoms with Crippen LogP contribution in [0.2, 0.25) is 0 Å². The minimum absolute atomic E-state index is 0.125. The van der Waals surface area contributed by atoms with E-state index in [9.17, 15) is 9.18 Å². The summed E-state index contributed by atoms with van der Waals surface area (Å²) in [6.07, 6.45) is 2.01. The minimum atomic E-state index is -0.357. The minimum Gasteiger partial charge on any atom is -0.368 e. The van der Waals surface area contributed by atoms with Gasteiger partial charge in [-0.25, -0.2) is 9.37 Å². The summed E-state index contributed by atoms with van der Waals surface area (Å²) in [5, 5.41) is 3.42. The third-order valence-electron chi connectivity index (χ3n) is 3.62. The molecule has 0 saturated carbocycles. The first-order valence-electron chi connectivity index (χ1n) is 7.25. The number of carbonyl (C=O) groups is 1. The fraction of sp³-hybridized carbons (Fsp3) is 0.375. The number of ether oxygens (including phenoxy) is 1. The molecule has 6 heteroatoms. The van der Waals surface area contributed by atoms with E-state index in [2.05, 4.69) is 10.3 Å². The SMILES string of the molecule is Cc1nc(NC(=O)C2CCCO2)sc1Cc1ccc(F)cc1. The Labute approximate surface area is 132 Å². The average molecular weight is 320 g/mol. The number of aromatic nitrogens is 1. The van der Waals surface area contributed by atoms with Crippen molar-refractivity contribution in [2.24, 2.45) is 0 Å². The van der Waals surface area contributed by atoms with Gasteiger partial charge in [0, 0.05) is 17.9 Å². The largest absolute Gasteiger partial charge is 0.368 e. The van der Waals surface area contributed by atoms with Crippen LogP contribution in [0.4, 0.5) is 9.52 Å². The molecule has 0 spiro atoms. The molecule has 1 aliphatic rings. The molecule has 1 unspecified atom stereocenters. The van der Waals surface area contributed by atoms with Gasteiger partial charge in [-0.2, -0.15) is 0 Å². The van der Waals surface area contributed by atoms with E-state index in [0.717, 1.165) is 29.0 Å². The van der Waals surface area contributed by atoms with Gasteiger partial charge in [0.05, 0.1) is 5.69 Å². The van der Waals surface area contributed by atoms with Gasteiger partial charge in [0.15, 0.2) is 5.13 Å². The highest BCUT2D eigenvalue weighted by Crippen LogP contribution is 2.26. The van der Waals surface area contributed by atoms with Crippen LogP contribution >= 0.6 is 11.3 Å². The van der Waals surface area contributed by atoms with Crippen molar-refractivity contribution in [1.82, 2.24) is 4.98 Å². The van der Waals surface area contributed by atoms with Crippen molar-refractivity contribution >= 4 is 22.4 Å². The average Bonchev–Trinajstić information content (AvgIpc) is 3.12. The van der Waals surface area contributed by atoms with Crippen molar-refractivity contribution in [3.63, 3.8) is 0 Å². The highest BCUT2D eigenvalue weighted by molar-refractivity contribution is 7.15. The number of halogens is 1. The summed E-state index contributed by atoms with van der Waals surface area (Å²) in [6.45, 7) is 2.56. The Kier molecular flexibility index (Phi) is 4.49. The lowest BCUT2D eigenvalue weighted by molar-refractivity contribution is -0.124. The lowest BCUT2D eigenvalue weighted by Gasteiger charge is -2.07. The third kappa shape index (κ3) is 3.51. The van der Waals surface area contributed by atoms with Crippen LogP contribution in [0.1, 0.15) is 29.0 Å². The van der Waals surface area contributed by atoms with Gasteiger partial charge in [0.2, 0.25) is 0 Å². The quantitative estimate of drug-likeness (QED) is 0.940. The van der Waals surface area contributed by atoms with Gasteiger partial charge >= 0.3 is 0 Å². The van der Waals surface area contributed by atoms with Crippen LogP contribution in [-0.4, -0.2) is 23.6 Å². The number of anilines is 1. The highest BCUT2D eigenvalue weighted by Gasteiger charge is 2.24. The summed E-state index contributed by atoms with van der Waals surface area (Å²) in [6, 6.07) is 6.43. The zero-order chi connectivity index (χ0) is 15.5. The molecular weight excluding hydrogens is 303 g/mol. The molecule has 1 fully saturated rings. The second kappa shape index (κ2) is 6.54. The van der Waals surface area contributed by atoms with Crippen molar-refractivity contribution in [3.8, 4) is 0 Å². The molecule has 0 aliphatic carbocycles. The van der Waals surface area contributed by atoms with Crippen molar-refractivity contribution < 1.29 is 13.9 Å². The number of nitrogens with one attached hydrogen (secondary N) is 1. The first-order chi connectivity index (χ1) is 10.6. The number of nitrogens with zero attached hydrogens (tertiary/aromatic N) is 1. The van der Waals surface area contributed by atoms with Gasteiger partial charge in [0.25, 0.3) is 5.91 Å². The normalized spacial score (nSPS) is 17.6. The lowest BCUT2D eigenvalue weighted by atomic mass is 10.1. The second-order valence-electron chi connectivity index (χ2n) is 5.32. The van der Waals surface area contributed by atoms with Crippen molar-refractivity contribution in [2.75, 3.05) is 11.9 Å². The van der Waals surface area contributed by atoms with E-state index < -0.39 is 0 Å². The molecule has 116 valence electrons. The summed E-state index contributed by atoms with van der Waals surface area (Å²) in [5.41, 5.74) is 1.90. The molecule has 22 heavy (non-hydrogen) atoms. The van der Waals surface area contributed by atoms with Gasteiger partial charge in [-0.05, 0) is 37.5 Å². The molecule has 2 heterocycles. The first kappa shape index (κ1) is 15.1. The smallest absolute Gasteiger partial charge is 0.255 e. The van der Waals surface area contributed by atoms with E-state index in [1.807, 2.05) is 6.92 Å². The molecule has 1 amide bonds. The molecule has 1 N–H and O–H groups in total. The summed E-state index contributed by atoms with van der Waals surface area (Å²) in [7, 11) is 0. The molecule has 1 aromatic carbocycles. The molecule has 1 aliphatic heterocycles. The number of carbonyl (C=O) groups excluding carboxylic acids is 1. The number of amides is 1. The van der Waals surface area contributed by atoms with Crippen LogP contribution in [-0.2, 0) is 16.0 Å². The van der Waals surface area contributed by atoms with Crippen molar-refractivity contribution in [1.29, 1.82) is 0 Å². The number of hydrogen-bond donors (Lipinski definition) is 1. The second-order valence-corrected chi connectivity index (χ2v) is 6.41. The number of aryl methyl sites for hydroxylation is 1. The molecule has 2 aromatic rings. The van der Waals surface area contributed by atoms with Crippen LogP contribution in [0, 0.1) is 12.7 Å². The van der Waals surface area contributed by atoms with Crippen LogP contribution in [0.5, 0.6) is 0 Å². The molecule has 1 aromatic heterocycles. The first-order valence-corrected chi connectivity index (χ1v) is 8.06. The summed E-state index contributed by atoms with van der Waals surface area (Å²) < 4.78 is 18.3. The zero-order valence-corrected chi connectivity index (χ0v) is 13.1. The van der Waals surface area contributed by atoms with E-state index in [-0.39, 0.29) is 17.8 Å². The summed E-state index contributed by atoms with van der Waals surface area (Å²) in [4.78, 5) is 17.5. The van der Waals surface area contributed by atoms with Gasteiger partial charge in [-0.1, -0.05) is 12.1 Å². The van der Waals surface area contributed by atoms with E-state index in [1.54, 1.807) is 12.1 Å². The fourth-order valence-corrected chi connectivity index (χ4v) is 3.40.